The van der Waals surface area contributed by atoms with Crippen molar-refractivity contribution < 1.29 is 23.0 Å². The maximum Gasteiger partial charge on any atom is 0.487 e. The molecule has 0 saturated heterocycles. The Kier molecular flexibility index (Phi) is 5.75. The average molecular weight is 447 g/mol. The van der Waals surface area contributed by atoms with Crippen LogP contribution in [-0.2, 0) is 17.8 Å². The van der Waals surface area contributed by atoms with Crippen molar-refractivity contribution in [3.63, 3.8) is 0 Å². The van der Waals surface area contributed by atoms with Gasteiger partial charge in [-0.05, 0) is 60.0 Å². The summed E-state index contributed by atoms with van der Waals surface area (Å²) >= 11 is 4.73. The van der Waals surface area contributed by atoms with Crippen molar-refractivity contribution in [2.45, 2.75) is 18.6 Å². The largest absolute Gasteiger partial charge is 0.487 e. The predicted molar refractivity (Wildman–Crippen MR) is 111 cm³/mol. The lowest BCUT2D eigenvalue weighted by Crippen LogP contribution is -2.21. The van der Waals surface area contributed by atoms with Gasteiger partial charge in [0.1, 0.15) is 5.75 Å². The highest BCUT2D eigenvalue weighted by Gasteiger charge is 2.27. The molecule has 1 aliphatic rings. The topological polar surface area (TPSA) is 69.6 Å². The second-order valence-corrected chi connectivity index (χ2v) is 7.35. The molecular formula is C22H17ClF2N2O4. The first-order chi connectivity index (χ1) is 14.8. The fourth-order valence-corrected chi connectivity index (χ4v) is 3.36. The van der Waals surface area contributed by atoms with Crippen LogP contribution >= 0.6 is 11.6 Å². The minimum Gasteiger partial charge on any atom is -0.420 e. The quantitative estimate of drug-likeness (QED) is 0.592. The van der Waals surface area contributed by atoms with E-state index in [0.29, 0.717) is 24.6 Å². The summed E-state index contributed by atoms with van der Waals surface area (Å²) in [4.78, 5) is 25.0. The van der Waals surface area contributed by atoms with Crippen LogP contribution in [0.15, 0.2) is 65.6 Å². The number of benzene rings is 2. The van der Waals surface area contributed by atoms with Gasteiger partial charge in [-0.15, -0.1) is 8.78 Å². The first-order valence-corrected chi connectivity index (χ1v) is 9.76. The molecule has 31 heavy (non-hydrogen) atoms. The first-order valence-electron chi connectivity index (χ1n) is 9.38. The number of nitrogens with one attached hydrogen (secondary N) is 1. The van der Waals surface area contributed by atoms with Crippen LogP contribution in [0.25, 0.3) is 5.69 Å². The number of carbonyl (C=O) groups is 1. The Morgan fingerprint density at radius 2 is 1.87 bits per heavy atom. The molecule has 1 N–H and O–H groups in total. The number of hydrogen-bond donors (Lipinski definition) is 1. The molecule has 0 saturated carbocycles. The number of anilines is 1. The van der Waals surface area contributed by atoms with Crippen molar-refractivity contribution in [2.75, 3.05) is 11.9 Å². The summed E-state index contributed by atoms with van der Waals surface area (Å²) in [5.41, 5.74) is -0.669. The van der Waals surface area contributed by atoms with Gasteiger partial charge in [0, 0.05) is 35.2 Å². The zero-order valence-electron chi connectivity index (χ0n) is 16.1. The molecule has 4 rings (SSSR count). The van der Waals surface area contributed by atoms with Crippen LogP contribution in [0.2, 0.25) is 0 Å². The first kappa shape index (κ1) is 21.0. The predicted octanol–water partition coefficient (Wildman–Crippen LogP) is 4.33. The van der Waals surface area contributed by atoms with Gasteiger partial charge in [-0.25, -0.2) is 0 Å². The number of halogens is 3. The molecule has 3 aromatic rings. The Morgan fingerprint density at radius 3 is 2.61 bits per heavy atom. The lowest BCUT2D eigenvalue weighted by molar-refractivity contribution is -0.0964. The van der Waals surface area contributed by atoms with Gasteiger partial charge in [0.05, 0.1) is 18.8 Å². The van der Waals surface area contributed by atoms with E-state index in [2.05, 4.69) is 10.1 Å². The fourth-order valence-electron chi connectivity index (χ4n) is 3.27. The van der Waals surface area contributed by atoms with Crippen molar-refractivity contribution >= 4 is 23.2 Å². The summed E-state index contributed by atoms with van der Waals surface area (Å²) in [6, 6.07) is 13.7. The molecule has 2 aromatic carbocycles. The zero-order valence-corrected chi connectivity index (χ0v) is 16.9. The van der Waals surface area contributed by atoms with E-state index in [1.807, 2.05) is 18.2 Å². The molecule has 0 aliphatic carbocycles. The summed E-state index contributed by atoms with van der Waals surface area (Å²) in [5.74, 6) is -0.616. The number of alkyl halides is 3. The number of pyridine rings is 1. The molecule has 9 heteroatoms. The highest BCUT2D eigenvalue weighted by Crippen LogP contribution is 2.26. The minimum absolute atomic E-state index is 0.150. The number of carbonyl (C=O) groups excluding carboxylic acids is 1. The molecule has 160 valence electrons. The Hall–Kier alpha value is -3.23. The highest BCUT2D eigenvalue weighted by molar-refractivity contribution is 6.20. The van der Waals surface area contributed by atoms with Crippen LogP contribution in [0, 0.1) is 0 Å². The van der Waals surface area contributed by atoms with Gasteiger partial charge < -0.3 is 14.8 Å². The summed E-state index contributed by atoms with van der Waals surface area (Å²) in [7, 11) is 0. The summed E-state index contributed by atoms with van der Waals surface area (Å²) in [5, 5.41) is 2.65. The van der Waals surface area contributed by atoms with Crippen LogP contribution in [0.3, 0.4) is 0 Å². The Bertz CT molecular complexity index is 1170. The van der Waals surface area contributed by atoms with E-state index in [1.54, 1.807) is 0 Å². The number of amides is 1. The van der Waals surface area contributed by atoms with Crippen LogP contribution in [0.1, 0.15) is 21.5 Å². The SMILES string of the molecule is O=C(Nc1ccc(OC(F)(F)Cl)cc1)c1ccc(=O)n(-c2ccc3c(c2)COCC3)c1. The molecule has 6 nitrogen and oxygen atoms in total. The van der Waals surface area contributed by atoms with E-state index >= 15 is 0 Å². The average Bonchev–Trinajstić information content (AvgIpc) is 2.74. The van der Waals surface area contributed by atoms with E-state index in [9.17, 15) is 18.4 Å². The standard InChI is InChI=1S/C22H17ClF2N2O4/c23-22(24,25)31-19-6-3-17(4-7-19)26-21(29)15-2-8-20(28)27(12-15)18-5-1-14-9-10-30-13-16(14)11-18/h1-8,11-12H,9-10,13H2,(H,26,29). The maximum absolute atomic E-state index is 12.7. The fraction of sp³-hybridized carbons (Fsp3) is 0.182. The molecule has 0 fully saturated rings. The molecule has 0 spiro atoms. The van der Waals surface area contributed by atoms with Crippen molar-refractivity contribution in [3.8, 4) is 11.4 Å². The molecule has 1 aromatic heterocycles. The summed E-state index contributed by atoms with van der Waals surface area (Å²) in [6.45, 7) is 1.15. The van der Waals surface area contributed by atoms with E-state index < -0.39 is 11.5 Å². The van der Waals surface area contributed by atoms with Crippen LogP contribution < -0.4 is 15.6 Å². The minimum atomic E-state index is -3.82. The monoisotopic (exact) mass is 446 g/mol. The van der Waals surface area contributed by atoms with E-state index in [0.717, 1.165) is 12.0 Å². The van der Waals surface area contributed by atoms with Gasteiger partial charge in [-0.3, -0.25) is 14.2 Å². The van der Waals surface area contributed by atoms with Crippen molar-refractivity contribution in [1.29, 1.82) is 0 Å². The number of hydrogen-bond acceptors (Lipinski definition) is 4. The van der Waals surface area contributed by atoms with Crippen molar-refractivity contribution in [3.05, 3.63) is 87.8 Å². The van der Waals surface area contributed by atoms with E-state index in [-0.39, 0.29) is 16.9 Å². The number of aromatic nitrogens is 1. The van der Waals surface area contributed by atoms with Gasteiger partial charge in [-0.1, -0.05) is 6.07 Å². The summed E-state index contributed by atoms with van der Waals surface area (Å²) in [6.07, 6.45) is 2.27. The second kappa shape index (κ2) is 8.49. The third kappa shape index (κ3) is 5.10. The van der Waals surface area contributed by atoms with Crippen molar-refractivity contribution in [1.82, 2.24) is 4.57 Å². The lowest BCUT2D eigenvalue weighted by atomic mass is 10.0. The number of ether oxygens (including phenoxy) is 2. The molecule has 0 unspecified atom stereocenters. The Labute approximate surface area is 181 Å². The maximum atomic E-state index is 12.7. The molecule has 0 radical (unpaired) electrons. The molecule has 2 heterocycles. The molecule has 0 atom stereocenters. The Balaban J connectivity index is 1.54. The molecule has 1 aliphatic heterocycles. The molecule has 1 amide bonds. The number of fused-ring (bicyclic) bond motifs is 1. The van der Waals surface area contributed by atoms with Gasteiger partial charge in [-0.2, -0.15) is 0 Å². The highest BCUT2D eigenvalue weighted by atomic mass is 35.5. The third-order valence-electron chi connectivity index (χ3n) is 4.76. The number of nitrogens with zero attached hydrogens (tertiary/aromatic N) is 1. The van der Waals surface area contributed by atoms with Gasteiger partial charge in [0.2, 0.25) is 0 Å². The lowest BCUT2D eigenvalue weighted by Gasteiger charge is -2.18. The second-order valence-electron chi connectivity index (χ2n) is 6.91. The number of rotatable bonds is 5. The van der Waals surface area contributed by atoms with Gasteiger partial charge in [0.15, 0.2) is 0 Å². The zero-order chi connectivity index (χ0) is 22.0. The van der Waals surface area contributed by atoms with E-state index in [1.165, 1.54) is 52.7 Å². The van der Waals surface area contributed by atoms with Crippen molar-refractivity contribution in [2.24, 2.45) is 0 Å². The normalized spacial score (nSPS) is 13.4. The third-order valence-corrected chi connectivity index (χ3v) is 4.84. The smallest absolute Gasteiger partial charge is 0.420 e. The Morgan fingerprint density at radius 1 is 1.10 bits per heavy atom. The van der Waals surface area contributed by atoms with E-state index in [4.69, 9.17) is 16.3 Å². The van der Waals surface area contributed by atoms with Gasteiger partial charge >= 0.3 is 5.57 Å². The van der Waals surface area contributed by atoms with Crippen LogP contribution in [0.5, 0.6) is 5.75 Å². The van der Waals surface area contributed by atoms with Gasteiger partial charge in [0.25, 0.3) is 11.5 Å². The van der Waals surface area contributed by atoms with Crippen LogP contribution in [0.4, 0.5) is 14.5 Å². The molecule has 0 bridgehead atoms. The molecular weight excluding hydrogens is 430 g/mol. The summed E-state index contributed by atoms with van der Waals surface area (Å²) < 4.78 is 36.5. The van der Waals surface area contributed by atoms with Crippen LogP contribution in [-0.4, -0.2) is 22.6 Å².